The van der Waals surface area contributed by atoms with Crippen LogP contribution < -0.4 is 0 Å². The van der Waals surface area contributed by atoms with E-state index in [1.165, 1.54) is 21.2 Å². The average Bonchev–Trinajstić information content (AvgIpc) is 2.86. The molecule has 3 aromatic heterocycles. The molecule has 1 aliphatic heterocycles. The molecule has 0 saturated heterocycles. The Morgan fingerprint density at radius 1 is 1.30 bits per heavy atom. The van der Waals surface area contributed by atoms with Gasteiger partial charge in [0.15, 0.2) is 0 Å². The van der Waals surface area contributed by atoms with E-state index in [0.29, 0.717) is 6.61 Å². The fourth-order valence-electron chi connectivity index (χ4n) is 3.19. The van der Waals surface area contributed by atoms with Gasteiger partial charge in [-0.1, -0.05) is 6.92 Å². The largest absolute Gasteiger partial charge is 0.370 e. The molecule has 3 aromatic rings. The van der Waals surface area contributed by atoms with E-state index >= 15 is 0 Å². The summed E-state index contributed by atoms with van der Waals surface area (Å²) in [5, 5.41) is 2.28. The molecule has 0 bridgehead atoms. The van der Waals surface area contributed by atoms with Crippen molar-refractivity contribution in [2.45, 2.75) is 51.3 Å². The van der Waals surface area contributed by atoms with Gasteiger partial charge in [-0.2, -0.15) is 0 Å². The minimum atomic E-state index is -0.143. The Kier molecular flexibility index (Phi) is 3.59. The molecule has 0 spiro atoms. The molecule has 6 heteroatoms. The van der Waals surface area contributed by atoms with Crippen molar-refractivity contribution in [3.63, 3.8) is 0 Å². The number of pyridine rings is 1. The fraction of sp³-hybridized carbons (Fsp3) is 0.471. The molecule has 0 unspecified atom stereocenters. The quantitative estimate of drug-likeness (QED) is 0.505. The molecule has 0 fully saturated rings. The van der Waals surface area contributed by atoms with Gasteiger partial charge in [0.05, 0.1) is 22.4 Å². The lowest BCUT2D eigenvalue weighted by Gasteiger charge is -2.32. The Balaban J connectivity index is 2.08. The van der Waals surface area contributed by atoms with Crippen molar-refractivity contribution < 1.29 is 4.74 Å². The molecule has 4 nitrogen and oxygen atoms in total. The first-order valence-corrected chi connectivity index (χ1v) is 9.62. The average molecular weight is 345 g/mol. The number of aryl methyl sites for hydroxylation is 1. The molecule has 23 heavy (non-hydrogen) atoms. The highest BCUT2D eigenvalue weighted by molar-refractivity contribution is 7.99. The van der Waals surface area contributed by atoms with Gasteiger partial charge >= 0.3 is 0 Å². The number of rotatable bonds is 2. The third kappa shape index (κ3) is 2.44. The summed E-state index contributed by atoms with van der Waals surface area (Å²) >= 11 is 3.49. The van der Waals surface area contributed by atoms with Gasteiger partial charge in [0.25, 0.3) is 0 Å². The van der Waals surface area contributed by atoms with Gasteiger partial charge < -0.3 is 4.74 Å². The number of fused-ring (bicyclic) bond motifs is 5. The summed E-state index contributed by atoms with van der Waals surface area (Å²) in [5.41, 5.74) is 4.58. The normalized spacial score (nSPS) is 16.9. The smallest absolute Gasteiger partial charge is 0.126 e. The number of ether oxygens (including phenoxy) is 1. The summed E-state index contributed by atoms with van der Waals surface area (Å²) < 4.78 is 7.16. The number of thioether (sulfide) groups is 1. The van der Waals surface area contributed by atoms with Crippen LogP contribution in [0.5, 0.6) is 0 Å². The molecule has 4 rings (SSSR count). The summed E-state index contributed by atoms with van der Waals surface area (Å²) in [6, 6.07) is 0. The van der Waals surface area contributed by atoms with E-state index in [1.54, 1.807) is 29.4 Å². The monoisotopic (exact) mass is 345 g/mol. The lowest BCUT2D eigenvalue weighted by Crippen LogP contribution is -2.32. The van der Waals surface area contributed by atoms with Crippen molar-refractivity contribution in [3.8, 4) is 0 Å². The predicted molar refractivity (Wildman–Crippen MR) is 96.4 cm³/mol. The highest BCUT2D eigenvalue weighted by Crippen LogP contribution is 2.42. The minimum absolute atomic E-state index is 0.143. The van der Waals surface area contributed by atoms with E-state index in [2.05, 4.69) is 37.7 Å². The summed E-state index contributed by atoms with van der Waals surface area (Å²) in [6.07, 6.45) is 2.58. The SMILES string of the molecule is CCSc1ncnc2c1sc1nc(C)c3c(c12)CC(C)(C)OC3. The van der Waals surface area contributed by atoms with Gasteiger partial charge in [-0.25, -0.2) is 15.0 Å². The number of thiophene rings is 1. The third-order valence-electron chi connectivity index (χ3n) is 4.28. The number of hydrogen-bond donors (Lipinski definition) is 0. The standard InChI is InChI=1S/C17H19N3OS2/c1-5-22-16-14-13(18-8-19-16)12-10-6-17(3,4)21-7-11(10)9(2)20-15(12)23-14/h8H,5-7H2,1-4H3. The van der Waals surface area contributed by atoms with Crippen molar-refractivity contribution in [2.24, 2.45) is 0 Å². The van der Waals surface area contributed by atoms with Gasteiger partial charge in [-0.05, 0) is 32.1 Å². The summed E-state index contributed by atoms with van der Waals surface area (Å²) in [6.45, 7) is 9.17. The molecule has 0 aromatic carbocycles. The number of hydrogen-bond acceptors (Lipinski definition) is 6. The van der Waals surface area contributed by atoms with Gasteiger partial charge in [0, 0.05) is 23.1 Å². The van der Waals surface area contributed by atoms with Crippen LogP contribution in [0, 0.1) is 6.92 Å². The lowest BCUT2D eigenvalue weighted by atomic mass is 9.89. The maximum Gasteiger partial charge on any atom is 0.126 e. The van der Waals surface area contributed by atoms with Crippen molar-refractivity contribution in [1.29, 1.82) is 0 Å². The summed E-state index contributed by atoms with van der Waals surface area (Å²) in [7, 11) is 0. The molecule has 0 N–H and O–H groups in total. The fourth-order valence-corrected chi connectivity index (χ4v) is 5.20. The molecule has 1 aliphatic rings. The van der Waals surface area contributed by atoms with Gasteiger partial charge in [0.2, 0.25) is 0 Å². The van der Waals surface area contributed by atoms with Crippen LogP contribution in [0.4, 0.5) is 0 Å². The molecule has 120 valence electrons. The molecular formula is C17H19N3OS2. The van der Waals surface area contributed by atoms with E-state index in [1.807, 2.05) is 0 Å². The molecule has 0 radical (unpaired) electrons. The molecule has 0 aliphatic carbocycles. The molecular weight excluding hydrogens is 326 g/mol. The number of aromatic nitrogens is 3. The Bertz CT molecular complexity index is 917. The second kappa shape index (κ2) is 5.40. The zero-order valence-corrected chi connectivity index (χ0v) is 15.4. The van der Waals surface area contributed by atoms with Crippen molar-refractivity contribution >= 4 is 43.5 Å². The summed E-state index contributed by atoms with van der Waals surface area (Å²) in [5.74, 6) is 1.01. The van der Waals surface area contributed by atoms with Crippen LogP contribution in [-0.4, -0.2) is 26.3 Å². The zero-order chi connectivity index (χ0) is 16.2. The van der Waals surface area contributed by atoms with Crippen LogP contribution in [0.3, 0.4) is 0 Å². The van der Waals surface area contributed by atoms with Crippen LogP contribution >= 0.6 is 23.1 Å². The van der Waals surface area contributed by atoms with E-state index in [9.17, 15) is 0 Å². The molecule has 0 amide bonds. The Morgan fingerprint density at radius 3 is 2.91 bits per heavy atom. The van der Waals surface area contributed by atoms with Crippen LogP contribution in [0.1, 0.15) is 37.6 Å². The zero-order valence-electron chi connectivity index (χ0n) is 13.8. The van der Waals surface area contributed by atoms with Crippen LogP contribution in [0.25, 0.3) is 20.4 Å². The van der Waals surface area contributed by atoms with Crippen LogP contribution in [0.2, 0.25) is 0 Å². The third-order valence-corrected chi connectivity index (χ3v) is 6.36. The van der Waals surface area contributed by atoms with Crippen molar-refractivity contribution in [1.82, 2.24) is 15.0 Å². The highest BCUT2D eigenvalue weighted by atomic mass is 32.2. The Hall–Kier alpha value is -1.24. The first kappa shape index (κ1) is 15.3. The predicted octanol–water partition coefficient (Wildman–Crippen LogP) is 4.51. The molecule has 0 atom stereocenters. The highest BCUT2D eigenvalue weighted by Gasteiger charge is 2.30. The van der Waals surface area contributed by atoms with Crippen molar-refractivity contribution in [2.75, 3.05) is 5.75 Å². The van der Waals surface area contributed by atoms with E-state index < -0.39 is 0 Å². The topological polar surface area (TPSA) is 47.9 Å². The second-order valence-corrected chi connectivity index (χ2v) is 8.70. The van der Waals surface area contributed by atoms with E-state index in [0.717, 1.165) is 33.2 Å². The lowest BCUT2D eigenvalue weighted by molar-refractivity contribution is -0.0400. The summed E-state index contributed by atoms with van der Waals surface area (Å²) in [4.78, 5) is 15.0. The van der Waals surface area contributed by atoms with E-state index in [4.69, 9.17) is 9.72 Å². The maximum absolute atomic E-state index is 6.00. The number of nitrogens with zero attached hydrogens (tertiary/aromatic N) is 3. The molecule has 4 heterocycles. The van der Waals surface area contributed by atoms with Gasteiger partial charge in [-0.3, -0.25) is 0 Å². The van der Waals surface area contributed by atoms with Gasteiger partial charge in [0.1, 0.15) is 16.2 Å². The Labute approximate surface area is 143 Å². The Morgan fingerprint density at radius 2 is 2.13 bits per heavy atom. The van der Waals surface area contributed by atoms with E-state index in [-0.39, 0.29) is 5.60 Å². The van der Waals surface area contributed by atoms with Crippen LogP contribution in [0.15, 0.2) is 11.4 Å². The maximum atomic E-state index is 6.00. The van der Waals surface area contributed by atoms with Gasteiger partial charge in [-0.15, -0.1) is 23.1 Å². The molecule has 0 saturated carbocycles. The minimum Gasteiger partial charge on any atom is -0.370 e. The first-order valence-electron chi connectivity index (χ1n) is 7.82. The first-order chi connectivity index (χ1) is 11.0. The van der Waals surface area contributed by atoms with Crippen molar-refractivity contribution in [3.05, 3.63) is 23.1 Å². The second-order valence-electron chi connectivity index (χ2n) is 6.45. The van der Waals surface area contributed by atoms with Crippen LogP contribution in [-0.2, 0) is 17.8 Å².